The van der Waals surface area contributed by atoms with Gasteiger partial charge in [-0.1, -0.05) is 41.4 Å². The van der Waals surface area contributed by atoms with Crippen molar-refractivity contribution in [3.63, 3.8) is 0 Å². The summed E-state index contributed by atoms with van der Waals surface area (Å²) in [5.41, 5.74) is 2.50. The second-order valence-electron chi connectivity index (χ2n) is 6.06. The minimum Gasteiger partial charge on any atom is -0.349 e. The molecular formula is C20H21ClN2O2. The van der Waals surface area contributed by atoms with Crippen molar-refractivity contribution in [2.75, 3.05) is 0 Å². The number of halogens is 1. The highest BCUT2D eigenvalue weighted by Crippen LogP contribution is 2.13. The van der Waals surface area contributed by atoms with E-state index in [0.29, 0.717) is 10.6 Å². The molecule has 0 saturated heterocycles. The van der Waals surface area contributed by atoms with Crippen molar-refractivity contribution < 1.29 is 9.59 Å². The van der Waals surface area contributed by atoms with Gasteiger partial charge in [0.05, 0.1) is 0 Å². The highest BCUT2D eigenvalue weighted by Gasteiger charge is 2.15. The lowest BCUT2D eigenvalue weighted by Crippen LogP contribution is -2.38. The molecule has 0 aliphatic carbocycles. The number of benzene rings is 2. The van der Waals surface area contributed by atoms with Crippen LogP contribution in [0.5, 0.6) is 0 Å². The predicted molar refractivity (Wildman–Crippen MR) is 101 cm³/mol. The van der Waals surface area contributed by atoms with Gasteiger partial charge in [-0.05, 0) is 56.7 Å². The Morgan fingerprint density at radius 3 is 2.16 bits per heavy atom. The molecule has 0 bridgehead atoms. The summed E-state index contributed by atoms with van der Waals surface area (Å²) in [5, 5.41) is 6.10. The van der Waals surface area contributed by atoms with Crippen LogP contribution in [0, 0.1) is 6.92 Å². The van der Waals surface area contributed by atoms with Crippen molar-refractivity contribution in [1.82, 2.24) is 10.6 Å². The van der Waals surface area contributed by atoms with E-state index in [9.17, 15) is 9.59 Å². The zero-order chi connectivity index (χ0) is 18.4. The van der Waals surface area contributed by atoms with Gasteiger partial charge in [-0.2, -0.15) is 0 Å². The van der Waals surface area contributed by atoms with Crippen LogP contribution in [-0.2, 0) is 4.79 Å². The fraction of sp³-hybridized carbons (Fsp3) is 0.200. The molecule has 0 atom stereocenters. The average molecular weight is 357 g/mol. The summed E-state index contributed by atoms with van der Waals surface area (Å²) < 4.78 is 0. The van der Waals surface area contributed by atoms with Crippen LogP contribution >= 0.6 is 11.6 Å². The van der Waals surface area contributed by atoms with Gasteiger partial charge in [0.25, 0.3) is 11.8 Å². The standard InChI is InChI=1S/C20H21ClN2O2/c1-13(2)22-20(25)18(12-15-6-10-17(21)11-7-15)23-19(24)16-8-4-14(3)5-9-16/h4-13H,1-3H3,(H,22,25)(H,23,24). The maximum atomic E-state index is 12.4. The van der Waals surface area contributed by atoms with Crippen molar-refractivity contribution in [1.29, 1.82) is 0 Å². The molecule has 0 spiro atoms. The molecule has 0 saturated carbocycles. The Hall–Kier alpha value is -2.59. The molecule has 4 nitrogen and oxygen atoms in total. The van der Waals surface area contributed by atoms with Gasteiger partial charge in [-0.3, -0.25) is 9.59 Å². The Morgan fingerprint density at radius 1 is 1.00 bits per heavy atom. The fourth-order valence-electron chi connectivity index (χ4n) is 2.12. The molecular weight excluding hydrogens is 336 g/mol. The fourth-order valence-corrected chi connectivity index (χ4v) is 2.25. The number of hydrogen-bond donors (Lipinski definition) is 2. The summed E-state index contributed by atoms with van der Waals surface area (Å²) in [4.78, 5) is 24.9. The molecule has 2 N–H and O–H groups in total. The van der Waals surface area contributed by atoms with Crippen molar-refractivity contribution in [3.8, 4) is 0 Å². The molecule has 2 aromatic rings. The van der Waals surface area contributed by atoms with Gasteiger partial charge in [0.1, 0.15) is 5.70 Å². The monoisotopic (exact) mass is 356 g/mol. The topological polar surface area (TPSA) is 58.2 Å². The van der Waals surface area contributed by atoms with E-state index < -0.39 is 0 Å². The molecule has 0 fully saturated rings. The number of aryl methyl sites for hydroxylation is 1. The molecule has 2 amide bonds. The molecule has 0 radical (unpaired) electrons. The van der Waals surface area contributed by atoms with E-state index in [1.807, 2.05) is 32.9 Å². The number of carbonyl (C=O) groups is 2. The van der Waals surface area contributed by atoms with Crippen LogP contribution < -0.4 is 10.6 Å². The van der Waals surface area contributed by atoms with E-state index >= 15 is 0 Å². The molecule has 0 aliphatic heterocycles. The molecule has 0 unspecified atom stereocenters. The van der Waals surface area contributed by atoms with Crippen molar-refractivity contribution in [3.05, 3.63) is 75.9 Å². The summed E-state index contributed by atoms with van der Waals surface area (Å²) in [6.07, 6.45) is 1.63. The van der Waals surface area contributed by atoms with Gasteiger partial charge in [-0.15, -0.1) is 0 Å². The van der Waals surface area contributed by atoms with Crippen LogP contribution in [0.1, 0.15) is 35.3 Å². The number of amides is 2. The lowest BCUT2D eigenvalue weighted by Gasteiger charge is -2.13. The summed E-state index contributed by atoms with van der Waals surface area (Å²) in [5.74, 6) is -0.676. The van der Waals surface area contributed by atoms with Crippen LogP contribution in [0.15, 0.2) is 54.2 Å². The maximum Gasteiger partial charge on any atom is 0.268 e. The van der Waals surface area contributed by atoms with E-state index in [1.54, 1.807) is 42.5 Å². The second kappa shape index (κ2) is 8.49. The smallest absolute Gasteiger partial charge is 0.268 e. The van der Waals surface area contributed by atoms with Gasteiger partial charge < -0.3 is 10.6 Å². The quantitative estimate of drug-likeness (QED) is 0.797. The van der Waals surface area contributed by atoms with E-state index in [1.165, 1.54) is 0 Å². The lowest BCUT2D eigenvalue weighted by atomic mass is 10.1. The van der Waals surface area contributed by atoms with E-state index in [0.717, 1.165) is 11.1 Å². The Kier molecular flexibility index (Phi) is 6.37. The molecule has 25 heavy (non-hydrogen) atoms. The zero-order valence-corrected chi connectivity index (χ0v) is 15.2. The third-order valence-corrected chi connectivity index (χ3v) is 3.66. The largest absolute Gasteiger partial charge is 0.349 e. The first kappa shape index (κ1) is 18.7. The van der Waals surface area contributed by atoms with Crippen molar-refractivity contribution in [2.24, 2.45) is 0 Å². The molecule has 130 valence electrons. The Labute approximate surface area is 152 Å². The lowest BCUT2D eigenvalue weighted by molar-refractivity contribution is -0.118. The second-order valence-corrected chi connectivity index (χ2v) is 6.49. The van der Waals surface area contributed by atoms with E-state index in [-0.39, 0.29) is 23.6 Å². The predicted octanol–water partition coefficient (Wildman–Crippen LogP) is 3.94. The molecule has 5 heteroatoms. The van der Waals surface area contributed by atoms with Crippen LogP contribution in [0.2, 0.25) is 5.02 Å². The van der Waals surface area contributed by atoms with Gasteiger partial charge in [0.15, 0.2) is 0 Å². The first-order valence-electron chi connectivity index (χ1n) is 8.01. The summed E-state index contributed by atoms with van der Waals surface area (Å²) in [6, 6.07) is 14.1. The minimum atomic E-state index is -0.342. The third-order valence-electron chi connectivity index (χ3n) is 3.41. The first-order chi connectivity index (χ1) is 11.8. The van der Waals surface area contributed by atoms with Crippen LogP contribution in [-0.4, -0.2) is 17.9 Å². The molecule has 0 aliphatic rings. The van der Waals surface area contributed by atoms with Crippen LogP contribution in [0.25, 0.3) is 6.08 Å². The first-order valence-corrected chi connectivity index (χ1v) is 8.39. The summed E-state index contributed by atoms with van der Waals surface area (Å²) >= 11 is 5.89. The molecule has 0 aromatic heterocycles. The van der Waals surface area contributed by atoms with Gasteiger partial charge in [0.2, 0.25) is 0 Å². The highest BCUT2D eigenvalue weighted by atomic mass is 35.5. The average Bonchev–Trinajstić information content (AvgIpc) is 2.56. The summed E-state index contributed by atoms with van der Waals surface area (Å²) in [7, 11) is 0. The van der Waals surface area contributed by atoms with Crippen LogP contribution in [0.4, 0.5) is 0 Å². The van der Waals surface area contributed by atoms with Crippen molar-refractivity contribution >= 4 is 29.5 Å². The normalized spacial score (nSPS) is 11.3. The third kappa shape index (κ3) is 5.76. The maximum absolute atomic E-state index is 12.4. The van der Waals surface area contributed by atoms with Gasteiger partial charge in [0, 0.05) is 16.6 Å². The number of hydrogen-bond acceptors (Lipinski definition) is 2. The number of carbonyl (C=O) groups excluding carboxylic acids is 2. The highest BCUT2D eigenvalue weighted by molar-refractivity contribution is 6.30. The molecule has 2 aromatic carbocycles. The molecule has 0 heterocycles. The number of rotatable bonds is 5. The van der Waals surface area contributed by atoms with Crippen molar-refractivity contribution in [2.45, 2.75) is 26.8 Å². The SMILES string of the molecule is Cc1ccc(C(=O)NC(=Cc2ccc(Cl)cc2)C(=O)NC(C)C)cc1. The summed E-state index contributed by atoms with van der Waals surface area (Å²) in [6.45, 7) is 5.67. The Morgan fingerprint density at radius 2 is 1.60 bits per heavy atom. The van der Waals surface area contributed by atoms with Gasteiger partial charge >= 0.3 is 0 Å². The Balaban J connectivity index is 2.27. The van der Waals surface area contributed by atoms with E-state index in [4.69, 9.17) is 11.6 Å². The van der Waals surface area contributed by atoms with Crippen LogP contribution in [0.3, 0.4) is 0 Å². The number of nitrogens with one attached hydrogen (secondary N) is 2. The van der Waals surface area contributed by atoms with E-state index in [2.05, 4.69) is 10.6 Å². The van der Waals surface area contributed by atoms with Gasteiger partial charge in [-0.25, -0.2) is 0 Å². The minimum absolute atomic E-state index is 0.0441. The Bertz CT molecular complexity index is 778. The molecule has 2 rings (SSSR count). The zero-order valence-electron chi connectivity index (χ0n) is 14.5.